The van der Waals surface area contributed by atoms with Gasteiger partial charge < -0.3 is 10.2 Å². The number of anilines is 2. The van der Waals surface area contributed by atoms with Crippen molar-refractivity contribution in [1.82, 2.24) is 0 Å². The van der Waals surface area contributed by atoms with Gasteiger partial charge in [-0.2, -0.15) is 5.06 Å². The molecule has 0 aromatic heterocycles. The normalized spacial score (nSPS) is 16.2. The second-order valence-corrected chi connectivity index (χ2v) is 4.41. The number of hydrogen-bond donors (Lipinski definition) is 1. The van der Waals surface area contributed by atoms with Gasteiger partial charge in [0.1, 0.15) is 6.26 Å². The Morgan fingerprint density at radius 3 is 2.55 bits per heavy atom. The van der Waals surface area contributed by atoms with Gasteiger partial charge in [0, 0.05) is 11.3 Å². The number of para-hydroxylation sites is 2. The van der Waals surface area contributed by atoms with Crippen LogP contribution in [0.2, 0.25) is 0 Å². The van der Waals surface area contributed by atoms with Gasteiger partial charge >= 0.3 is 0 Å². The lowest BCUT2D eigenvalue weighted by atomic mass is 10.1. The third-order valence-corrected chi connectivity index (χ3v) is 3.19. The van der Waals surface area contributed by atoms with Crippen LogP contribution in [-0.4, -0.2) is 5.91 Å². The van der Waals surface area contributed by atoms with Crippen LogP contribution in [0.15, 0.2) is 67.4 Å². The molecule has 0 spiro atoms. The standard InChI is InChI=1S/C16H14N2O2/c1-2-20-18(12-8-4-3-5-9-12)15-13-10-6-7-11-14(13)17-16(15)19/h2-11,15H,1H2,(H,17,19). The van der Waals surface area contributed by atoms with E-state index < -0.39 is 6.04 Å². The highest BCUT2D eigenvalue weighted by molar-refractivity contribution is 6.04. The van der Waals surface area contributed by atoms with Crippen molar-refractivity contribution in [2.75, 3.05) is 10.4 Å². The molecule has 0 radical (unpaired) electrons. The van der Waals surface area contributed by atoms with Crippen molar-refractivity contribution in [3.8, 4) is 0 Å². The molecule has 0 aliphatic carbocycles. The minimum atomic E-state index is -0.522. The minimum absolute atomic E-state index is 0.114. The van der Waals surface area contributed by atoms with Crippen molar-refractivity contribution >= 4 is 17.3 Å². The first-order valence-corrected chi connectivity index (χ1v) is 6.33. The van der Waals surface area contributed by atoms with Gasteiger partial charge in [-0.15, -0.1) is 0 Å². The second-order valence-electron chi connectivity index (χ2n) is 4.41. The third-order valence-electron chi connectivity index (χ3n) is 3.19. The summed E-state index contributed by atoms with van der Waals surface area (Å²) in [6, 6.07) is 16.6. The lowest BCUT2D eigenvalue weighted by molar-refractivity contribution is -0.118. The maximum atomic E-state index is 12.3. The van der Waals surface area contributed by atoms with Crippen molar-refractivity contribution in [3.63, 3.8) is 0 Å². The predicted molar refractivity (Wildman–Crippen MR) is 78.0 cm³/mol. The average Bonchev–Trinajstić information content (AvgIpc) is 2.82. The summed E-state index contributed by atoms with van der Waals surface area (Å²) in [4.78, 5) is 17.7. The van der Waals surface area contributed by atoms with Gasteiger partial charge in [0.25, 0.3) is 5.91 Å². The Kier molecular flexibility index (Phi) is 3.13. The molecule has 0 saturated carbocycles. The van der Waals surface area contributed by atoms with Crippen molar-refractivity contribution in [2.24, 2.45) is 0 Å². The van der Waals surface area contributed by atoms with Crippen LogP contribution >= 0.6 is 0 Å². The van der Waals surface area contributed by atoms with E-state index in [4.69, 9.17) is 4.84 Å². The van der Waals surface area contributed by atoms with Gasteiger partial charge in [-0.25, -0.2) is 0 Å². The number of fused-ring (bicyclic) bond motifs is 1. The zero-order valence-corrected chi connectivity index (χ0v) is 10.8. The van der Waals surface area contributed by atoms with E-state index in [1.54, 1.807) is 5.06 Å². The summed E-state index contributed by atoms with van der Waals surface area (Å²) in [5, 5.41) is 4.42. The quantitative estimate of drug-likeness (QED) is 0.682. The molecule has 20 heavy (non-hydrogen) atoms. The fourth-order valence-corrected chi connectivity index (χ4v) is 2.35. The van der Waals surface area contributed by atoms with E-state index in [2.05, 4.69) is 11.9 Å². The number of hydrogen-bond acceptors (Lipinski definition) is 3. The number of hydroxylamine groups is 1. The summed E-state index contributed by atoms with van der Waals surface area (Å²) in [6.07, 6.45) is 1.32. The second kappa shape index (κ2) is 5.09. The Morgan fingerprint density at radius 1 is 1.10 bits per heavy atom. The first-order valence-electron chi connectivity index (χ1n) is 6.33. The Morgan fingerprint density at radius 2 is 1.80 bits per heavy atom. The van der Waals surface area contributed by atoms with Crippen LogP contribution < -0.4 is 10.4 Å². The van der Waals surface area contributed by atoms with Crippen LogP contribution in [0.4, 0.5) is 11.4 Å². The van der Waals surface area contributed by atoms with Gasteiger partial charge in [0.2, 0.25) is 0 Å². The molecule has 2 aromatic carbocycles. The summed E-state index contributed by atoms with van der Waals surface area (Å²) < 4.78 is 0. The molecular weight excluding hydrogens is 252 g/mol. The molecule has 1 amide bonds. The molecule has 1 heterocycles. The molecule has 2 aromatic rings. The third kappa shape index (κ3) is 2.01. The molecular formula is C16H14N2O2. The van der Waals surface area contributed by atoms with E-state index in [0.717, 1.165) is 16.9 Å². The lowest BCUT2D eigenvalue weighted by Crippen LogP contribution is -2.32. The molecule has 1 atom stereocenters. The van der Waals surface area contributed by atoms with E-state index in [1.165, 1.54) is 6.26 Å². The largest absolute Gasteiger partial charge is 0.387 e. The number of carbonyl (C=O) groups excluding carboxylic acids is 1. The van der Waals surface area contributed by atoms with Crippen LogP contribution in [0, 0.1) is 0 Å². The van der Waals surface area contributed by atoms with Gasteiger partial charge in [0.05, 0.1) is 5.69 Å². The predicted octanol–water partition coefficient (Wildman–Crippen LogP) is 3.26. The first-order chi connectivity index (χ1) is 9.81. The monoisotopic (exact) mass is 266 g/mol. The fourth-order valence-electron chi connectivity index (χ4n) is 2.35. The zero-order chi connectivity index (χ0) is 13.9. The van der Waals surface area contributed by atoms with E-state index in [-0.39, 0.29) is 5.91 Å². The van der Waals surface area contributed by atoms with Crippen LogP contribution in [0.5, 0.6) is 0 Å². The Labute approximate surface area is 117 Å². The highest BCUT2D eigenvalue weighted by Gasteiger charge is 2.36. The highest BCUT2D eigenvalue weighted by Crippen LogP contribution is 2.37. The molecule has 1 aliphatic heterocycles. The van der Waals surface area contributed by atoms with Crippen LogP contribution in [0.1, 0.15) is 11.6 Å². The number of carbonyl (C=O) groups is 1. The van der Waals surface area contributed by atoms with Gasteiger partial charge in [-0.05, 0) is 18.2 Å². The maximum Gasteiger partial charge on any atom is 0.255 e. The molecule has 0 saturated heterocycles. The van der Waals surface area contributed by atoms with Crippen molar-refractivity contribution < 1.29 is 9.63 Å². The first kappa shape index (κ1) is 12.3. The minimum Gasteiger partial charge on any atom is -0.387 e. The average molecular weight is 266 g/mol. The molecule has 4 nitrogen and oxygen atoms in total. The molecule has 3 rings (SSSR count). The molecule has 4 heteroatoms. The molecule has 100 valence electrons. The molecule has 0 fully saturated rings. The molecule has 1 N–H and O–H groups in total. The maximum absolute atomic E-state index is 12.3. The summed E-state index contributed by atoms with van der Waals surface area (Å²) in [5.41, 5.74) is 2.50. The van der Waals surface area contributed by atoms with E-state index >= 15 is 0 Å². The Balaban J connectivity index is 2.04. The number of amides is 1. The fraction of sp³-hybridized carbons (Fsp3) is 0.0625. The molecule has 0 bridgehead atoms. The van der Waals surface area contributed by atoms with E-state index in [1.807, 2.05) is 54.6 Å². The molecule has 1 aliphatic rings. The Bertz CT molecular complexity index is 640. The van der Waals surface area contributed by atoms with Gasteiger partial charge in [-0.3, -0.25) is 4.79 Å². The highest BCUT2D eigenvalue weighted by atomic mass is 16.7. The molecule has 1 unspecified atom stereocenters. The Hall–Kier alpha value is -2.75. The van der Waals surface area contributed by atoms with E-state index in [9.17, 15) is 4.79 Å². The number of benzene rings is 2. The smallest absolute Gasteiger partial charge is 0.255 e. The van der Waals surface area contributed by atoms with Crippen molar-refractivity contribution in [2.45, 2.75) is 6.04 Å². The summed E-state index contributed by atoms with van der Waals surface area (Å²) in [7, 11) is 0. The van der Waals surface area contributed by atoms with Crippen LogP contribution in [0.25, 0.3) is 0 Å². The topological polar surface area (TPSA) is 41.6 Å². The SMILES string of the molecule is C=CON(c1ccccc1)C1C(=O)Nc2ccccc21. The van der Waals surface area contributed by atoms with Crippen molar-refractivity contribution in [3.05, 3.63) is 73.0 Å². The van der Waals surface area contributed by atoms with Gasteiger partial charge in [0.15, 0.2) is 6.04 Å². The summed E-state index contributed by atoms with van der Waals surface area (Å²) in [6.45, 7) is 3.58. The lowest BCUT2D eigenvalue weighted by Gasteiger charge is -2.27. The van der Waals surface area contributed by atoms with Crippen LogP contribution in [0.3, 0.4) is 0 Å². The number of nitrogens with zero attached hydrogens (tertiary/aromatic N) is 1. The number of rotatable bonds is 4. The zero-order valence-electron chi connectivity index (χ0n) is 10.8. The van der Waals surface area contributed by atoms with E-state index in [0.29, 0.717) is 0 Å². The number of nitrogens with one attached hydrogen (secondary N) is 1. The van der Waals surface area contributed by atoms with Crippen molar-refractivity contribution in [1.29, 1.82) is 0 Å². The van der Waals surface area contributed by atoms with Gasteiger partial charge in [-0.1, -0.05) is 43.0 Å². The summed E-state index contributed by atoms with van der Waals surface area (Å²) >= 11 is 0. The van der Waals surface area contributed by atoms with Crippen LogP contribution in [-0.2, 0) is 9.63 Å². The summed E-state index contributed by atoms with van der Waals surface area (Å²) in [5.74, 6) is -0.114.